The van der Waals surface area contributed by atoms with E-state index < -0.39 is 0 Å². The number of hydrogen-bond donors (Lipinski definition) is 1. The Bertz CT molecular complexity index is 490. The number of para-hydroxylation sites is 1. The van der Waals surface area contributed by atoms with Crippen LogP contribution in [-0.4, -0.2) is 30.3 Å². The van der Waals surface area contributed by atoms with E-state index in [-0.39, 0.29) is 11.2 Å². The van der Waals surface area contributed by atoms with Crippen molar-refractivity contribution in [1.29, 1.82) is 0 Å². The lowest BCUT2D eigenvalue weighted by molar-refractivity contribution is -0.133. The number of morpholine rings is 1. The summed E-state index contributed by atoms with van der Waals surface area (Å²) in [6.07, 6.45) is 2.67. The van der Waals surface area contributed by atoms with E-state index in [1.54, 1.807) is 0 Å². The quantitative estimate of drug-likeness (QED) is 0.919. The molecular weight excluding hydrogens is 260 g/mol. The summed E-state index contributed by atoms with van der Waals surface area (Å²) in [5.74, 6) is 0. The van der Waals surface area contributed by atoms with Gasteiger partial charge in [-0.3, -0.25) is 0 Å². The molecule has 3 nitrogen and oxygen atoms in total. The highest BCUT2D eigenvalue weighted by molar-refractivity contribution is 5.54. The van der Waals surface area contributed by atoms with Gasteiger partial charge in [0.2, 0.25) is 0 Å². The van der Waals surface area contributed by atoms with Gasteiger partial charge >= 0.3 is 0 Å². The maximum Gasteiger partial charge on any atom is 0.0808 e. The Morgan fingerprint density at radius 2 is 1.71 bits per heavy atom. The molecule has 2 aliphatic rings. The van der Waals surface area contributed by atoms with Crippen LogP contribution < -0.4 is 10.2 Å². The van der Waals surface area contributed by atoms with E-state index in [1.807, 2.05) is 0 Å². The molecule has 0 bridgehead atoms. The van der Waals surface area contributed by atoms with E-state index in [9.17, 15) is 0 Å². The number of nitrogens with one attached hydrogen (secondary N) is 1. The predicted octanol–water partition coefficient (Wildman–Crippen LogP) is 3.33. The number of nitrogens with zero attached hydrogens (tertiary/aromatic N) is 1. The predicted molar refractivity (Wildman–Crippen MR) is 87.8 cm³/mol. The van der Waals surface area contributed by atoms with Gasteiger partial charge in [0.1, 0.15) is 0 Å². The van der Waals surface area contributed by atoms with Crippen molar-refractivity contribution >= 4 is 5.69 Å². The lowest BCUT2D eigenvalue weighted by Crippen LogP contribution is -2.57. The average molecular weight is 288 g/mol. The zero-order valence-corrected chi connectivity index (χ0v) is 13.8. The van der Waals surface area contributed by atoms with Gasteiger partial charge in [0.15, 0.2) is 0 Å². The maximum absolute atomic E-state index is 6.20. The van der Waals surface area contributed by atoms with Crippen molar-refractivity contribution in [2.24, 2.45) is 0 Å². The molecule has 1 saturated heterocycles. The van der Waals surface area contributed by atoms with Gasteiger partial charge < -0.3 is 15.0 Å². The summed E-state index contributed by atoms with van der Waals surface area (Å²) in [7, 11) is 0. The Balaban J connectivity index is 1.81. The van der Waals surface area contributed by atoms with Crippen LogP contribution in [0.5, 0.6) is 0 Å². The lowest BCUT2D eigenvalue weighted by atomic mass is 9.97. The SMILES string of the molecule is CC1(C)CN(c2ccccc2CNC2CC2)CC(C)(C)O1. The summed E-state index contributed by atoms with van der Waals surface area (Å²) in [5.41, 5.74) is 2.53. The van der Waals surface area contributed by atoms with Gasteiger partial charge in [0.25, 0.3) is 0 Å². The molecule has 1 N–H and O–H groups in total. The molecule has 0 spiro atoms. The Labute approximate surface area is 128 Å². The standard InChI is InChI=1S/C18H28N2O/c1-17(2)12-20(13-18(3,4)21-17)16-8-6-5-7-14(16)11-19-15-9-10-15/h5-8,15,19H,9-13H2,1-4H3. The van der Waals surface area contributed by atoms with E-state index in [0.29, 0.717) is 0 Å². The number of ether oxygens (including phenoxy) is 1. The normalized spacial score (nSPS) is 24.1. The minimum Gasteiger partial charge on any atom is -0.366 e. The summed E-state index contributed by atoms with van der Waals surface area (Å²) in [6.45, 7) is 11.6. The fourth-order valence-electron chi connectivity index (χ4n) is 3.47. The van der Waals surface area contributed by atoms with Crippen LogP contribution in [0, 0.1) is 0 Å². The zero-order chi connectivity index (χ0) is 15.1. The van der Waals surface area contributed by atoms with Gasteiger partial charge in [-0.15, -0.1) is 0 Å². The number of anilines is 1. The topological polar surface area (TPSA) is 24.5 Å². The first-order chi connectivity index (χ1) is 9.85. The highest BCUT2D eigenvalue weighted by atomic mass is 16.5. The zero-order valence-electron chi connectivity index (χ0n) is 13.8. The van der Waals surface area contributed by atoms with Gasteiger partial charge in [-0.2, -0.15) is 0 Å². The molecule has 2 fully saturated rings. The van der Waals surface area contributed by atoms with Crippen molar-refractivity contribution in [3.8, 4) is 0 Å². The Hall–Kier alpha value is -1.06. The van der Waals surface area contributed by atoms with Gasteiger partial charge in [-0.05, 0) is 52.2 Å². The van der Waals surface area contributed by atoms with Crippen molar-refractivity contribution < 1.29 is 4.74 Å². The third-order valence-electron chi connectivity index (χ3n) is 4.19. The van der Waals surface area contributed by atoms with E-state index in [2.05, 4.69) is 62.2 Å². The number of hydrogen-bond acceptors (Lipinski definition) is 3. The van der Waals surface area contributed by atoms with Crippen molar-refractivity contribution in [3.05, 3.63) is 29.8 Å². The Kier molecular flexibility index (Phi) is 3.74. The minimum absolute atomic E-state index is 0.112. The van der Waals surface area contributed by atoms with Crippen LogP contribution in [0.15, 0.2) is 24.3 Å². The Morgan fingerprint density at radius 3 is 2.33 bits per heavy atom. The second-order valence-electron chi connectivity index (χ2n) is 7.76. The van der Waals surface area contributed by atoms with Crippen LogP contribution in [-0.2, 0) is 11.3 Å². The van der Waals surface area contributed by atoms with Crippen molar-refractivity contribution in [2.45, 2.75) is 64.3 Å². The maximum atomic E-state index is 6.20. The first kappa shape index (κ1) is 14.9. The second-order valence-corrected chi connectivity index (χ2v) is 7.76. The van der Waals surface area contributed by atoms with Gasteiger partial charge in [-0.25, -0.2) is 0 Å². The molecule has 1 aliphatic carbocycles. The lowest BCUT2D eigenvalue weighted by Gasteiger charge is -2.48. The molecule has 1 aromatic carbocycles. The van der Waals surface area contributed by atoms with Gasteiger partial charge in [0.05, 0.1) is 11.2 Å². The monoisotopic (exact) mass is 288 g/mol. The second kappa shape index (κ2) is 5.29. The molecule has 1 saturated carbocycles. The molecule has 21 heavy (non-hydrogen) atoms. The Morgan fingerprint density at radius 1 is 1.10 bits per heavy atom. The molecule has 1 heterocycles. The number of rotatable bonds is 4. The van der Waals surface area contributed by atoms with Crippen LogP contribution in [0.4, 0.5) is 5.69 Å². The van der Waals surface area contributed by atoms with E-state index in [0.717, 1.165) is 25.7 Å². The highest BCUT2D eigenvalue weighted by Crippen LogP contribution is 2.33. The minimum atomic E-state index is -0.112. The summed E-state index contributed by atoms with van der Waals surface area (Å²) in [6, 6.07) is 9.53. The molecule has 3 heteroatoms. The first-order valence-corrected chi connectivity index (χ1v) is 8.11. The van der Waals surface area contributed by atoms with E-state index in [4.69, 9.17) is 4.74 Å². The van der Waals surface area contributed by atoms with Crippen molar-refractivity contribution in [3.63, 3.8) is 0 Å². The third-order valence-corrected chi connectivity index (χ3v) is 4.19. The highest BCUT2D eigenvalue weighted by Gasteiger charge is 2.38. The molecule has 0 atom stereocenters. The average Bonchev–Trinajstić information content (AvgIpc) is 3.17. The number of benzene rings is 1. The van der Waals surface area contributed by atoms with Crippen LogP contribution in [0.25, 0.3) is 0 Å². The summed E-state index contributed by atoms with van der Waals surface area (Å²) >= 11 is 0. The van der Waals surface area contributed by atoms with Crippen LogP contribution >= 0.6 is 0 Å². The summed E-state index contributed by atoms with van der Waals surface area (Å²) in [5, 5.41) is 3.64. The van der Waals surface area contributed by atoms with Crippen molar-refractivity contribution in [2.75, 3.05) is 18.0 Å². The fourth-order valence-corrected chi connectivity index (χ4v) is 3.47. The molecule has 116 valence electrons. The third kappa shape index (κ3) is 3.78. The molecule has 0 aromatic heterocycles. The first-order valence-electron chi connectivity index (χ1n) is 8.11. The van der Waals surface area contributed by atoms with Crippen molar-refractivity contribution in [1.82, 2.24) is 5.32 Å². The van der Waals surface area contributed by atoms with E-state index >= 15 is 0 Å². The van der Waals surface area contributed by atoms with Crippen LogP contribution in [0.3, 0.4) is 0 Å². The van der Waals surface area contributed by atoms with Crippen LogP contribution in [0.2, 0.25) is 0 Å². The molecule has 0 amide bonds. The molecular formula is C18H28N2O. The summed E-state index contributed by atoms with van der Waals surface area (Å²) in [4.78, 5) is 2.49. The van der Waals surface area contributed by atoms with E-state index in [1.165, 1.54) is 24.1 Å². The molecule has 3 rings (SSSR count). The van der Waals surface area contributed by atoms with Gasteiger partial charge in [0, 0.05) is 31.4 Å². The molecule has 0 radical (unpaired) electrons. The van der Waals surface area contributed by atoms with Crippen LogP contribution in [0.1, 0.15) is 46.1 Å². The largest absolute Gasteiger partial charge is 0.366 e. The molecule has 0 unspecified atom stereocenters. The molecule has 1 aliphatic heterocycles. The molecule has 1 aromatic rings. The fraction of sp³-hybridized carbons (Fsp3) is 0.667. The smallest absolute Gasteiger partial charge is 0.0808 e. The van der Waals surface area contributed by atoms with Gasteiger partial charge in [-0.1, -0.05) is 18.2 Å². The summed E-state index contributed by atoms with van der Waals surface area (Å²) < 4.78 is 6.20.